The van der Waals surface area contributed by atoms with Gasteiger partial charge in [-0.15, -0.1) is 0 Å². The van der Waals surface area contributed by atoms with Gasteiger partial charge in [-0.1, -0.05) is 5.16 Å². The molecule has 9 heteroatoms. The molecular formula is C17H21FN2O5S. The number of benzene rings is 1. The summed E-state index contributed by atoms with van der Waals surface area (Å²) in [4.78, 5) is 0. The van der Waals surface area contributed by atoms with E-state index in [1.165, 1.54) is 6.07 Å². The summed E-state index contributed by atoms with van der Waals surface area (Å²) in [7, 11) is -3.32. The van der Waals surface area contributed by atoms with Crippen molar-refractivity contribution in [3.05, 3.63) is 35.8 Å². The molecule has 0 aliphatic carbocycles. The summed E-state index contributed by atoms with van der Waals surface area (Å²) in [6, 6.07) is 5.89. The van der Waals surface area contributed by atoms with Crippen LogP contribution >= 0.6 is 0 Å². The van der Waals surface area contributed by atoms with Crippen LogP contribution in [0.4, 0.5) is 4.39 Å². The van der Waals surface area contributed by atoms with Gasteiger partial charge >= 0.3 is 0 Å². The third kappa shape index (κ3) is 4.80. The van der Waals surface area contributed by atoms with Gasteiger partial charge in [0, 0.05) is 36.3 Å². The first-order valence-electron chi connectivity index (χ1n) is 8.23. The molecule has 1 aliphatic heterocycles. The molecule has 0 bridgehead atoms. The summed E-state index contributed by atoms with van der Waals surface area (Å²) in [6.07, 6.45) is 1.69. The van der Waals surface area contributed by atoms with Gasteiger partial charge in [-0.3, -0.25) is 0 Å². The van der Waals surface area contributed by atoms with Crippen molar-refractivity contribution in [1.82, 2.24) is 9.88 Å². The molecule has 26 heavy (non-hydrogen) atoms. The highest BCUT2D eigenvalue weighted by molar-refractivity contribution is 7.88. The number of halogens is 1. The van der Waals surface area contributed by atoms with Crippen molar-refractivity contribution >= 4 is 10.0 Å². The quantitative estimate of drug-likeness (QED) is 0.820. The van der Waals surface area contributed by atoms with E-state index >= 15 is 0 Å². The summed E-state index contributed by atoms with van der Waals surface area (Å²) >= 11 is 0. The Balaban J connectivity index is 1.66. The van der Waals surface area contributed by atoms with Gasteiger partial charge in [0.05, 0.1) is 19.5 Å². The van der Waals surface area contributed by atoms with Crippen LogP contribution in [0.5, 0.6) is 5.75 Å². The van der Waals surface area contributed by atoms with E-state index in [9.17, 15) is 12.8 Å². The van der Waals surface area contributed by atoms with Crippen LogP contribution in [0, 0.1) is 18.7 Å². The lowest BCUT2D eigenvalue weighted by molar-refractivity contribution is 0.0186. The molecule has 3 rings (SSSR count). The van der Waals surface area contributed by atoms with Crippen molar-refractivity contribution in [2.75, 3.05) is 26.1 Å². The highest BCUT2D eigenvalue weighted by Gasteiger charge is 2.28. The lowest BCUT2D eigenvalue weighted by Crippen LogP contribution is -2.47. The van der Waals surface area contributed by atoms with Gasteiger partial charge in [0.1, 0.15) is 23.0 Å². The summed E-state index contributed by atoms with van der Waals surface area (Å²) in [6.45, 7) is 2.82. The number of hydrogen-bond acceptors (Lipinski definition) is 6. The van der Waals surface area contributed by atoms with Gasteiger partial charge in [0.2, 0.25) is 10.0 Å². The first kappa shape index (κ1) is 18.8. The Bertz CT molecular complexity index is 868. The molecule has 7 nitrogen and oxygen atoms in total. The largest absolute Gasteiger partial charge is 0.493 e. The van der Waals surface area contributed by atoms with E-state index < -0.39 is 15.8 Å². The minimum atomic E-state index is -3.32. The van der Waals surface area contributed by atoms with E-state index in [2.05, 4.69) is 9.88 Å². The number of nitrogens with zero attached hydrogens (tertiary/aromatic N) is 1. The molecule has 0 spiro atoms. The highest BCUT2D eigenvalue weighted by atomic mass is 32.2. The lowest BCUT2D eigenvalue weighted by Gasteiger charge is -2.31. The van der Waals surface area contributed by atoms with Crippen LogP contribution < -0.4 is 9.46 Å². The maximum absolute atomic E-state index is 14.3. The highest BCUT2D eigenvalue weighted by Crippen LogP contribution is 2.26. The molecule has 1 aliphatic rings. The van der Waals surface area contributed by atoms with Crippen LogP contribution in [-0.2, 0) is 14.8 Å². The number of rotatable bonds is 6. The Morgan fingerprint density at radius 3 is 2.85 bits per heavy atom. The SMILES string of the molecule is Cc1cc(-c2ccc(OC[C@H]3COCC[C@@H]3NS(C)(=O)=O)cc2F)no1. The second-order valence-corrected chi connectivity index (χ2v) is 8.18. The number of aromatic nitrogens is 1. The molecule has 2 aromatic rings. The van der Waals surface area contributed by atoms with Gasteiger partial charge in [-0.2, -0.15) is 0 Å². The zero-order valence-corrected chi connectivity index (χ0v) is 15.4. The summed E-state index contributed by atoms with van der Waals surface area (Å²) in [5.41, 5.74) is 0.747. The smallest absolute Gasteiger partial charge is 0.208 e. The summed E-state index contributed by atoms with van der Waals surface area (Å²) < 4.78 is 55.9. The van der Waals surface area contributed by atoms with Crippen molar-refractivity contribution in [3.8, 4) is 17.0 Å². The molecule has 1 N–H and O–H groups in total. The third-order valence-electron chi connectivity index (χ3n) is 4.15. The average molecular weight is 384 g/mol. The number of hydrogen-bond donors (Lipinski definition) is 1. The molecule has 142 valence electrons. The Morgan fingerprint density at radius 1 is 1.38 bits per heavy atom. The van der Waals surface area contributed by atoms with Crippen LogP contribution in [0.15, 0.2) is 28.8 Å². The first-order chi connectivity index (χ1) is 12.3. The molecule has 0 amide bonds. The van der Waals surface area contributed by atoms with Crippen LogP contribution in [0.2, 0.25) is 0 Å². The maximum Gasteiger partial charge on any atom is 0.208 e. The molecule has 1 aromatic heterocycles. The fourth-order valence-electron chi connectivity index (χ4n) is 2.88. The minimum Gasteiger partial charge on any atom is -0.493 e. The monoisotopic (exact) mass is 384 g/mol. The number of ether oxygens (including phenoxy) is 2. The van der Waals surface area contributed by atoms with Gasteiger partial charge in [-0.05, 0) is 25.5 Å². The Kier molecular flexibility index (Phi) is 5.59. The summed E-state index contributed by atoms with van der Waals surface area (Å²) in [5, 5.41) is 3.80. The van der Waals surface area contributed by atoms with Crippen molar-refractivity contribution in [2.45, 2.75) is 19.4 Å². The zero-order valence-electron chi connectivity index (χ0n) is 14.6. The maximum atomic E-state index is 14.3. The van der Waals surface area contributed by atoms with E-state index in [-0.39, 0.29) is 18.6 Å². The second kappa shape index (κ2) is 7.73. The van der Waals surface area contributed by atoms with E-state index in [0.29, 0.717) is 42.4 Å². The Hall–Kier alpha value is -1.97. The molecule has 2 heterocycles. The van der Waals surface area contributed by atoms with E-state index in [1.54, 1.807) is 25.1 Å². The number of nitrogens with one attached hydrogen (secondary N) is 1. The fraction of sp³-hybridized carbons (Fsp3) is 0.471. The molecule has 2 atom stereocenters. The molecular weight excluding hydrogens is 363 g/mol. The molecule has 0 radical (unpaired) electrons. The van der Waals surface area contributed by atoms with E-state index in [1.807, 2.05) is 0 Å². The second-order valence-electron chi connectivity index (χ2n) is 6.40. The fourth-order valence-corrected chi connectivity index (χ4v) is 3.74. The van der Waals surface area contributed by atoms with Gasteiger partial charge in [0.25, 0.3) is 0 Å². The number of aryl methyl sites for hydroxylation is 1. The van der Waals surface area contributed by atoms with Crippen molar-refractivity contribution in [1.29, 1.82) is 0 Å². The van der Waals surface area contributed by atoms with Crippen LogP contribution in [0.1, 0.15) is 12.2 Å². The Morgan fingerprint density at radius 2 is 2.19 bits per heavy atom. The topological polar surface area (TPSA) is 90.7 Å². The average Bonchev–Trinajstić information content (AvgIpc) is 2.99. The van der Waals surface area contributed by atoms with Crippen molar-refractivity contribution in [2.24, 2.45) is 5.92 Å². The lowest BCUT2D eigenvalue weighted by atomic mass is 9.98. The van der Waals surface area contributed by atoms with Crippen LogP contribution in [0.25, 0.3) is 11.3 Å². The molecule has 1 fully saturated rings. The van der Waals surface area contributed by atoms with Gasteiger partial charge < -0.3 is 14.0 Å². The first-order valence-corrected chi connectivity index (χ1v) is 10.1. The predicted octanol–water partition coefficient (Wildman–Crippen LogP) is 2.12. The zero-order chi connectivity index (χ0) is 18.7. The standard InChI is InChI=1S/C17H21FN2O5S/c1-11-7-17(19-25-11)14-4-3-13(8-15(14)18)24-10-12-9-23-6-5-16(12)20-26(2,21)22/h3-4,7-8,12,16,20H,5-6,9-10H2,1-2H3/t12-,16+/m1/s1. The van der Waals surface area contributed by atoms with Crippen LogP contribution in [0.3, 0.4) is 0 Å². The van der Waals surface area contributed by atoms with Crippen molar-refractivity contribution in [3.63, 3.8) is 0 Å². The molecule has 1 aromatic carbocycles. The van der Waals surface area contributed by atoms with Crippen LogP contribution in [-0.4, -0.2) is 45.7 Å². The summed E-state index contributed by atoms with van der Waals surface area (Å²) in [5.74, 6) is 0.331. The van der Waals surface area contributed by atoms with Gasteiger partial charge in [-0.25, -0.2) is 17.5 Å². The van der Waals surface area contributed by atoms with Crippen molar-refractivity contribution < 1.29 is 26.8 Å². The van der Waals surface area contributed by atoms with Gasteiger partial charge in [0.15, 0.2) is 0 Å². The third-order valence-corrected chi connectivity index (χ3v) is 4.88. The molecule has 1 saturated heterocycles. The Labute approximate surface area is 151 Å². The van der Waals surface area contributed by atoms with E-state index in [4.69, 9.17) is 14.0 Å². The minimum absolute atomic E-state index is 0.153. The predicted molar refractivity (Wildman–Crippen MR) is 92.8 cm³/mol. The normalized spacial score (nSPS) is 20.9. The molecule has 0 saturated carbocycles. The van der Waals surface area contributed by atoms with E-state index in [0.717, 1.165) is 6.26 Å². The number of sulfonamides is 1. The molecule has 0 unspecified atom stereocenters.